The van der Waals surface area contributed by atoms with Crippen molar-refractivity contribution in [2.45, 2.75) is 90.6 Å². The third-order valence-corrected chi connectivity index (χ3v) is 10.4. The lowest BCUT2D eigenvalue weighted by Gasteiger charge is -2.29. The number of hydrogen-bond acceptors (Lipinski definition) is 1. The molecule has 4 aromatic carbocycles. The van der Waals surface area contributed by atoms with E-state index in [1.165, 1.54) is 56.7 Å². The topological polar surface area (TPSA) is 3.88 Å². The smallest absolute Gasteiger partial charge is 0.200 e. The second-order valence-corrected chi connectivity index (χ2v) is 16.2. The van der Waals surface area contributed by atoms with Crippen LogP contribution in [0, 0.1) is 23.7 Å². The van der Waals surface area contributed by atoms with Crippen molar-refractivity contribution in [3.8, 4) is 11.3 Å². The summed E-state index contributed by atoms with van der Waals surface area (Å²) in [4.78, 5) is 2.48. The Morgan fingerprint density at radius 3 is 2.23 bits per heavy atom. The van der Waals surface area contributed by atoms with E-state index in [-0.39, 0.29) is 11.8 Å². The fraction of sp³-hybridized carbons (Fsp3) is 0.410. The second kappa shape index (κ2) is 10.5. The molecule has 44 heavy (non-hydrogen) atoms. The molecular formula is C39H43F3NS+. The fourth-order valence-electron chi connectivity index (χ4n) is 7.05. The SMILES string of the molecule is Cc1c2c(c(CC(C)(C)C)c3ccc(CC(C)C)cc13)Sc1cc3cccc(CC(C)(C)C(F)(F)F)c3c3cc[n+](C)c-2c13. The van der Waals surface area contributed by atoms with E-state index in [2.05, 4.69) is 95.8 Å². The highest BCUT2D eigenvalue weighted by Gasteiger charge is 2.47. The van der Waals surface area contributed by atoms with Gasteiger partial charge in [-0.25, -0.2) is 4.57 Å². The minimum Gasteiger partial charge on any atom is -0.200 e. The normalized spacial score (nSPS) is 13.8. The van der Waals surface area contributed by atoms with Crippen molar-refractivity contribution in [2.75, 3.05) is 0 Å². The molecule has 0 saturated carbocycles. The van der Waals surface area contributed by atoms with E-state index in [0.29, 0.717) is 5.92 Å². The molecule has 1 aromatic heterocycles. The lowest BCUT2D eigenvalue weighted by atomic mass is 9.81. The van der Waals surface area contributed by atoms with Gasteiger partial charge in [0.15, 0.2) is 6.20 Å². The van der Waals surface area contributed by atoms with Crippen LogP contribution in [0.15, 0.2) is 64.5 Å². The zero-order valence-electron chi connectivity index (χ0n) is 27.4. The van der Waals surface area contributed by atoms with Crippen molar-refractivity contribution in [2.24, 2.45) is 23.8 Å². The number of rotatable bonds is 5. The van der Waals surface area contributed by atoms with Crippen molar-refractivity contribution >= 4 is 44.1 Å². The van der Waals surface area contributed by atoms with Crippen LogP contribution in [0.2, 0.25) is 0 Å². The molecule has 0 unspecified atom stereocenters. The Bertz CT molecular complexity index is 1960. The van der Waals surface area contributed by atoms with Gasteiger partial charge in [-0.2, -0.15) is 13.2 Å². The molecule has 0 amide bonds. The Labute approximate surface area is 263 Å². The van der Waals surface area contributed by atoms with Crippen LogP contribution in [0.4, 0.5) is 13.2 Å². The lowest BCUT2D eigenvalue weighted by molar-refractivity contribution is -0.659. The van der Waals surface area contributed by atoms with E-state index in [9.17, 15) is 13.2 Å². The highest BCUT2D eigenvalue weighted by molar-refractivity contribution is 8.00. The van der Waals surface area contributed by atoms with E-state index >= 15 is 0 Å². The molecule has 6 rings (SSSR count). The molecule has 0 saturated heterocycles. The van der Waals surface area contributed by atoms with Crippen LogP contribution >= 0.6 is 11.8 Å². The predicted molar refractivity (Wildman–Crippen MR) is 180 cm³/mol. The Kier molecular flexibility index (Phi) is 7.39. The fourth-order valence-corrected chi connectivity index (χ4v) is 8.42. The van der Waals surface area contributed by atoms with Gasteiger partial charge in [0.05, 0.1) is 16.4 Å². The van der Waals surface area contributed by atoms with Crippen molar-refractivity contribution < 1.29 is 17.7 Å². The molecule has 2 heterocycles. The Hall–Kier alpha value is -3.05. The molecule has 0 fully saturated rings. The Morgan fingerprint density at radius 2 is 1.57 bits per heavy atom. The highest BCUT2D eigenvalue weighted by Crippen LogP contribution is 2.54. The number of aromatic nitrogens is 1. The molecule has 5 heteroatoms. The largest absolute Gasteiger partial charge is 0.394 e. The van der Waals surface area contributed by atoms with E-state index < -0.39 is 11.6 Å². The van der Waals surface area contributed by atoms with Gasteiger partial charge in [-0.3, -0.25) is 0 Å². The number of fused-ring (bicyclic) bond motifs is 5. The molecule has 1 aliphatic rings. The summed E-state index contributed by atoms with van der Waals surface area (Å²) < 4.78 is 44.4. The Morgan fingerprint density at radius 1 is 0.841 bits per heavy atom. The summed E-state index contributed by atoms with van der Waals surface area (Å²) in [6.45, 7) is 16.3. The second-order valence-electron chi connectivity index (χ2n) is 15.1. The molecule has 0 aliphatic carbocycles. The summed E-state index contributed by atoms with van der Waals surface area (Å²) in [6, 6.07) is 17.2. The number of nitrogens with zero attached hydrogens (tertiary/aromatic N) is 1. The number of benzene rings is 4. The van der Waals surface area contributed by atoms with Gasteiger partial charge in [0.25, 0.3) is 0 Å². The van der Waals surface area contributed by atoms with Crippen molar-refractivity contribution in [3.63, 3.8) is 0 Å². The molecule has 0 atom stereocenters. The number of halogens is 3. The van der Waals surface area contributed by atoms with E-state index in [4.69, 9.17) is 0 Å². The van der Waals surface area contributed by atoms with E-state index in [0.717, 1.165) is 45.6 Å². The molecule has 1 nitrogen and oxygen atoms in total. The van der Waals surface area contributed by atoms with Crippen LogP contribution in [0.25, 0.3) is 43.6 Å². The first-order chi connectivity index (χ1) is 20.5. The van der Waals surface area contributed by atoms with Gasteiger partial charge in [-0.15, -0.1) is 0 Å². The number of pyridine rings is 1. The maximum atomic E-state index is 14.1. The molecule has 0 N–H and O–H groups in total. The van der Waals surface area contributed by atoms with Gasteiger partial charge in [-0.1, -0.05) is 96.6 Å². The maximum absolute atomic E-state index is 14.1. The first kappa shape index (κ1) is 31.0. The van der Waals surface area contributed by atoms with Gasteiger partial charge in [0.1, 0.15) is 7.05 Å². The van der Waals surface area contributed by atoms with Gasteiger partial charge in [-0.05, 0) is 87.4 Å². The summed E-state index contributed by atoms with van der Waals surface area (Å²) in [5, 5.41) is 6.72. The molecule has 230 valence electrons. The van der Waals surface area contributed by atoms with Crippen LogP contribution in [0.1, 0.15) is 70.7 Å². The molecule has 0 radical (unpaired) electrons. The van der Waals surface area contributed by atoms with Crippen LogP contribution in [0.5, 0.6) is 0 Å². The Balaban J connectivity index is 1.71. The van der Waals surface area contributed by atoms with Gasteiger partial charge < -0.3 is 0 Å². The molecule has 0 spiro atoms. The van der Waals surface area contributed by atoms with Gasteiger partial charge >= 0.3 is 6.18 Å². The monoisotopic (exact) mass is 614 g/mol. The standard InChI is InChI=1S/C39H43F3NS/c1-22(2)17-24-13-14-27-29(18-24)23(3)32-35-34-28(15-16-43(35)9)33-25(11-10-12-26(33)20-38(7,8)39(40,41)42)19-31(34)44-36(32)30(27)21-37(4,5)6/h10-16,18-19,22H,17,20-21H2,1-9H3/q+1. The predicted octanol–water partition coefficient (Wildman–Crippen LogP) is 11.3. The van der Waals surface area contributed by atoms with Crippen LogP contribution in [-0.2, 0) is 26.3 Å². The summed E-state index contributed by atoms with van der Waals surface area (Å²) >= 11 is 1.84. The van der Waals surface area contributed by atoms with E-state index in [1.807, 2.05) is 23.9 Å². The zero-order chi connectivity index (χ0) is 31.9. The summed E-state index contributed by atoms with van der Waals surface area (Å²) in [6.07, 6.45) is -0.291. The first-order valence-electron chi connectivity index (χ1n) is 15.7. The van der Waals surface area contributed by atoms with Crippen molar-refractivity contribution in [1.82, 2.24) is 0 Å². The zero-order valence-corrected chi connectivity index (χ0v) is 28.2. The third-order valence-electron chi connectivity index (χ3n) is 9.20. The van der Waals surface area contributed by atoms with Crippen molar-refractivity contribution in [1.29, 1.82) is 0 Å². The first-order valence-corrected chi connectivity index (χ1v) is 16.5. The van der Waals surface area contributed by atoms with Gasteiger partial charge in [0, 0.05) is 21.2 Å². The van der Waals surface area contributed by atoms with E-state index in [1.54, 1.807) is 0 Å². The van der Waals surface area contributed by atoms with Gasteiger partial charge in [0.2, 0.25) is 5.69 Å². The quantitative estimate of drug-likeness (QED) is 0.138. The highest BCUT2D eigenvalue weighted by atomic mass is 32.2. The summed E-state index contributed by atoms with van der Waals surface area (Å²) in [7, 11) is 2.10. The van der Waals surface area contributed by atoms with Crippen LogP contribution in [-0.4, -0.2) is 6.18 Å². The minimum absolute atomic E-state index is 0.0691. The molecular weight excluding hydrogens is 571 g/mol. The van der Waals surface area contributed by atoms with Crippen molar-refractivity contribution in [3.05, 3.63) is 77.0 Å². The van der Waals surface area contributed by atoms with Crippen LogP contribution < -0.4 is 4.57 Å². The average molecular weight is 615 g/mol. The number of aryl methyl sites for hydroxylation is 2. The minimum atomic E-state index is -4.29. The molecule has 0 bridgehead atoms. The summed E-state index contributed by atoms with van der Waals surface area (Å²) in [5.41, 5.74) is 5.42. The van der Waals surface area contributed by atoms with Crippen LogP contribution in [0.3, 0.4) is 0 Å². The number of alkyl halides is 3. The lowest BCUT2D eigenvalue weighted by Crippen LogP contribution is -2.34. The third kappa shape index (κ3) is 5.19. The maximum Gasteiger partial charge on any atom is 0.394 e. The molecule has 5 aromatic rings. The number of hydrogen-bond donors (Lipinski definition) is 0. The summed E-state index contributed by atoms with van der Waals surface area (Å²) in [5.74, 6) is 0.568. The average Bonchev–Trinajstić information content (AvgIpc) is 2.90. The molecule has 1 aliphatic heterocycles.